The van der Waals surface area contributed by atoms with Gasteiger partial charge in [-0.05, 0) is 62.9 Å². The third-order valence-corrected chi connectivity index (χ3v) is 7.68. The average molecular weight is 533 g/mol. The Labute approximate surface area is 227 Å². The van der Waals surface area contributed by atoms with Crippen molar-refractivity contribution in [3.8, 4) is 16.9 Å². The number of hydrogen-bond acceptors (Lipinski definition) is 6. The molecule has 1 aromatic heterocycles. The molecule has 9 heteroatoms. The molecule has 1 aliphatic heterocycles. The fraction of sp³-hybridized carbons (Fsp3) is 0.400. The molecule has 3 aromatic rings. The Kier molecular flexibility index (Phi) is 8.81. The maximum Gasteiger partial charge on any atom is 0.325 e. The summed E-state index contributed by atoms with van der Waals surface area (Å²) in [7, 11) is 2.04. The molecule has 1 aliphatic rings. The van der Waals surface area contributed by atoms with E-state index in [1.807, 2.05) is 32.2 Å². The molecule has 1 unspecified atom stereocenters. The van der Waals surface area contributed by atoms with Crippen LogP contribution >= 0.6 is 0 Å². The van der Waals surface area contributed by atoms with E-state index < -0.39 is 11.2 Å². The van der Waals surface area contributed by atoms with E-state index in [1.54, 1.807) is 18.2 Å². The molecule has 9 nitrogen and oxygen atoms in total. The Morgan fingerprint density at radius 2 is 1.87 bits per heavy atom. The van der Waals surface area contributed by atoms with Crippen molar-refractivity contribution in [1.82, 2.24) is 20.2 Å². The van der Waals surface area contributed by atoms with E-state index in [2.05, 4.69) is 27.1 Å². The third kappa shape index (κ3) is 6.72. The summed E-state index contributed by atoms with van der Waals surface area (Å²) in [5.74, 6) is -0.432. The zero-order valence-electron chi connectivity index (χ0n) is 22.7. The number of carbonyl (C=O) groups is 2. The summed E-state index contributed by atoms with van der Waals surface area (Å²) >= 11 is 0. The monoisotopic (exact) mass is 532 g/mol. The van der Waals surface area contributed by atoms with Crippen LogP contribution in [0.2, 0.25) is 0 Å². The Morgan fingerprint density at radius 1 is 1.13 bits per heavy atom. The van der Waals surface area contributed by atoms with Crippen LogP contribution in [0.25, 0.3) is 11.1 Å². The largest absolute Gasteiger partial charge is 0.507 e. The Balaban J connectivity index is 1.44. The van der Waals surface area contributed by atoms with Crippen LogP contribution in [0.5, 0.6) is 5.75 Å². The predicted molar refractivity (Wildman–Crippen MR) is 150 cm³/mol. The third-order valence-electron chi connectivity index (χ3n) is 7.68. The zero-order valence-corrected chi connectivity index (χ0v) is 22.7. The number of carbonyl (C=O) groups excluding carboxylic acids is 2. The first-order valence-corrected chi connectivity index (χ1v) is 13.4. The predicted octanol–water partition coefficient (Wildman–Crippen LogP) is 3.26. The molecular formula is C30H36N4O5. The second kappa shape index (κ2) is 12.3. The van der Waals surface area contributed by atoms with Gasteiger partial charge < -0.3 is 20.3 Å². The molecule has 1 saturated heterocycles. The van der Waals surface area contributed by atoms with Gasteiger partial charge in [0.05, 0.1) is 11.1 Å². The summed E-state index contributed by atoms with van der Waals surface area (Å²) in [6, 6.07) is 11.1. The van der Waals surface area contributed by atoms with Crippen molar-refractivity contribution in [2.45, 2.75) is 57.9 Å². The van der Waals surface area contributed by atoms with Crippen LogP contribution in [-0.4, -0.2) is 57.8 Å². The molecule has 0 bridgehead atoms. The molecule has 206 valence electrons. The molecular weight excluding hydrogens is 496 g/mol. The van der Waals surface area contributed by atoms with Gasteiger partial charge in [-0.25, -0.2) is 4.79 Å². The number of nitrogens with zero attached hydrogens (tertiary/aromatic N) is 1. The average Bonchev–Trinajstić information content (AvgIpc) is 2.94. The van der Waals surface area contributed by atoms with Crippen LogP contribution in [0.1, 0.15) is 65.6 Å². The maximum atomic E-state index is 13.0. The maximum absolute atomic E-state index is 13.0. The highest BCUT2D eigenvalue weighted by atomic mass is 16.3. The molecule has 2 aromatic carbocycles. The van der Waals surface area contributed by atoms with Gasteiger partial charge in [0.25, 0.3) is 11.5 Å². The van der Waals surface area contributed by atoms with Crippen LogP contribution in [0.3, 0.4) is 0 Å². The molecule has 2 heterocycles. The van der Waals surface area contributed by atoms with Gasteiger partial charge in [0.1, 0.15) is 11.5 Å². The number of H-pyrrole nitrogens is 2. The lowest BCUT2D eigenvalue weighted by molar-refractivity contribution is -0.119. The number of nitrogens with one attached hydrogen (secondary N) is 3. The van der Waals surface area contributed by atoms with Crippen molar-refractivity contribution in [2.75, 3.05) is 20.1 Å². The second-order valence-corrected chi connectivity index (χ2v) is 10.5. The van der Waals surface area contributed by atoms with Crippen LogP contribution in [0.15, 0.2) is 52.2 Å². The Bertz CT molecular complexity index is 1460. The number of ketones is 1. The van der Waals surface area contributed by atoms with E-state index in [4.69, 9.17) is 0 Å². The lowest BCUT2D eigenvalue weighted by atomic mass is 9.87. The summed E-state index contributed by atoms with van der Waals surface area (Å²) in [5, 5.41) is 14.1. The van der Waals surface area contributed by atoms with Crippen molar-refractivity contribution >= 4 is 11.7 Å². The van der Waals surface area contributed by atoms with Gasteiger partial charge in [-0.15, -0.1) is 0 Å². The minimum Gasteiger partial charge on any atom is -0.507 e. The number of amides is 1. The van der Waals surface area contributed by atoms with Crippen LogP contribution < -0.4 is 16.6 Å². The minimum absolute atomic E-state index is 0.0546. The van der Waals surface area contributed by atoms with Gasteiger partial charge in [0.15, 0.2) is 0 Å². The van der Waals surface area contributed by atoms with Crippen LogP contribution in [0.4, 0.5) is 0 Å². The highest BCUT2D eigenvalue weighted by molar-refractivity contribution is 5.97. The minimum atomic E-state index is -0.557. The molecule has 2 atom stereocenters. The van der Waals surface area contributed by atoms with E-state index in [0.29, 0.717) is 55.1 Å². The molecule has 0 spiro atoms. The summed E-state index contributed by atoms with van der Waals surface area (Å²) in [4.78, 5) is 55.8. The smallest absolute Gasteiger partial charge is 0.325 e. The highest BCUT2D eigenvalue weighted by Crippen LogP contribution is 2.36. The van der Waals surface area contributed by atoms with E-state index in [9.17, 15) is 24.3 Å². The number of benzene rings is 2. The molecule has 0 aliphatic carbocycles. The molecule has 39 heavy (non-hydrogen) atoms. The summed E-state index contributed by atoms with van der Waals surface area (Å²) in [6.45, 7) is 5.04. The molecule has 0 radical (unpaired) electrons. The zero-order chi connectivity index (χ0) is 28.1. The lowest BCUT2D eigenvalue weighted by Gasteiger charge is -2.29. The number of hydrogen-bond donors (Lipinski definition) is 4. The molecule has 4 N–H and O–H groups in total. The van der Waals surface area contributed by atoms with Crippen molar-refractivity contribution in [3.63, 3.8) is 0 Å². The lowest BCUT2D eigenvalue weighted by Crippen LogP contribution is -2.33. The highest BCUT2D eigenvalue weighted by Gasteiger charge is 2.28. The summed E-state index contributed by atoms with van der Waals surface area (Å²) in [5.41, 5.74) is 2.70. The van der Waals surface area contributed by atoms with Gasteiger partial charge in [-0.2, -0.15) is 0 Å². The summed E-state index contributed by atoms with van der Waals surface area (Å²) in [6.07, 6.45) is 4.63. The SMILES string of the molecule is Cc1ccc(C(=O)NCCc2ccc(-c3c[nH]c(=O)[nH]c3=O)cc2)c(O)c1C1CC(=O)CCC[C@@H](C)N(C)C1. The topological polar surface area (TPSA) is 135 Å². The number of aromatic nitrogens is 2. The summed E-state index contributed by atoms with van der Waals surface area (Å²) < 4.78 is 0. The number of likely N-dealkylation sites (N-methyl/N-ethyl adjacent to an activating group) is 1. The quantitative estimate of drug-likeness (QED) is 0.385. The first-order chi connectivity index (χ1) is 18.6. The first-order valence-electron chi connectivity index (χ1n) is 13.4. The van der Waals surface area contributed by atoms with Gasteiger partial charge in [-0.1, -0.05) is 30.3 Å². The van der Waals surface area contributed by atoms with Crippen LogP contribution in [-0.2, 0) is 11.2 Å². The van der Waals surface area contributed by atoms with Crippen molar-refractivity contribution in [2.24, 2.45) is 0 Å². The number of aryl methyl sites for hydroxylation is 1. The van der Waals surface area contributed by atoms with Gasteiger partial charge in [-0.3, -0.25) is 19.4 Å². The van der Waals surface area contributed by atoms with Crippen molar-refractivity contribution < 1.29 is 14.7 Å². The number of rotatable bonds is 6. The van der Waals surface area contributed by atoms with Crippen LogP contribution in [0, 0.1) is 6.92 Å². The fourth-order valence-electron chi connectivity index (χ4n) is 5.28. The van der Waals surface area contributed by atoms with E-state index in [-0.39, 0.29) is 28.9 Å². The number of phenols is 1. The Hall–Kier alpha value is -3.98. The van der Waals surface area contributed by atoms with Crippen molar-refractivity contribution in [3.05, 3.63) is 85.7 Å². The van der Waals surface area contributed by atoms with Crippen molar-refractivity contribution in [1.29, 1.82) is 0 Å². The molecule has 0 saturated carbocycles. The fourth-order valence-corrected chi connectivity index (χ4v) is 5.28. The second-order valence-electron chi connectivity index (χ2n) is 10.5. The van der Waals surface area contributed by atoms with E-state index in [0.717, 1.165) is 24.0 Å². The number of aromatic hydroxyl groups is 1. The molecule has 1 amide bonds. The first kappa shape index (κ1) is 28.0. The number of phenolic OH excluding ortho intramolecular Hbond substituents is 1. The van der Waals surface area contributed by atoms with Gasteiger partial charge in [0.2, 0.25) is 0 Å². The van der Waals surface area contributed by atoms with Gasteiger partial charge >= 0.3 is 5.69 Å². The molecule has 4 rings (SSSR count). The standard InChI is InChI=1S/C30H36N4O5/c1-18-7-12-24(27(36)26(18)22-15-23(35)6-4-5-19(2)34(3)17-22)28(37)31-14-13-20-8-10-21(11-9-20)25-16-32-30(39)33-29(25)38/h7-12,16,19,22,36H,4-6,13-15,17H2,1-3H3,(H,31,37)(H2,32,33,38,39)/t19-,22?/m1/s1. The molecule has 1 fully saturated rings. The van der Waals surface area contributed by atoms with E-state index >= 15 is 0 Å². The normalized spacial score (nSPS) is 18.7. The number of aromatic amines is 2. The van der Waals surface area contributed by atoms with Gasteiger partial charge in [0, 0.05) is 49.7 Å². The van der Waals surface area contributed by atoms with E-state index in [1.165, 1.54) is 6.20 Å². The number of Topliss-reactive ketones (excluding diaryl/α,β-unsaturated/α-hetero) is 1. The Morgan fingerprint density at radius 3 is 2.59 bits per heavy atom.